The summed E-state index contributed by atoms with van der Waals surface area (Å²) in [6, 6.07) is 9.39. The van der Waals surface area contributed by atoms with Crippen molar-refractivity contribution in [2.45, 2.75) is 31.8 Å². The number of thiophene rings is 1. The van der Waals surface area contributed by atoms with Crippen molar-refractivity contribution in [3.63, 3.8) is 0 Å². The van der Waals surface area contributed by atoms with E-state index in [4.69, 9.17) is 4.74 Å². The third-order valence-electron chi connectivity index (χ3n) is 5.06. The van der Waals surface area contributed by atoms with Crippen LogP contribution in [0.3, 0.4) is 0 Å². The monoisotopic (exact) mass is 427 g/mol. The highest BCUT2D eigenvalue weighted by molar-refractivity contribution is 7.14. The summed E-state index contributed by atoms with van der Waals surface area (Å²) in [5.74, 6) is 0.586. The Balaban J connectivity index is 1.42. The highest BCUT2D eigenvalue weighted by Gasteiger charge is 2.47. The molecule has 1 atom stereocenters. The summed E-state index contributed by atoms with van der Waals surface area (Å²) < 4.78 is 5.17. The molecule has 1 unspecified atom stereocenters. The van der Waals surface area contributed by atoms with Crippen LogP contribution in [0, 0.1) is 0 Å². The summed E-state index contributed by atoms with van der Waals surface area (Å²) >= 11 is 3.13. The first-order valence-electron chi connectivity index (χ1n) is 9.22. The zero-order valence-electron chi connectivity index (χ0n) is 16.2. The second kappa shape index (κ2) is 7.96. The Morgan fingerprint density at radius 3 is 2.66 bits per heavy atom. The molecule has 3 amide bonds. The fraction of sp³-hybridized carbons (Fsp3) is 0.286. The lowest BCUT2D eigenvalue weighted by Gasteiger charge is -2.21. The maximum atomic E-state index is 13.0. The number of ether oxygens (including phenoxy) is 1. The molecule has 0 aliphatic carbocycles. The van der Waals surface area contributed by atoms with Crippen LogP contribution < -0.4 is 10.1 Å². The first-order chi connectivity index (χ1) is 14.0. The van der Waals surface area contributed by atoms with Crippen molar-refractivity contribution in [3.8, 4) is 16.3 Å². The number of aromatic nitrogens is 1. The molecule has 29 heavy (non-hydrogen) atoms. The van der Waals surface area contributed by atoms with E-state index in [1.165, 1.54) is 16.2 Å². The molecule has 4 rings (SSSR count). The molecule has 1 aliphatic rings. The lowest BCUT2D eigenvalue weighted by Crippen LogP contribution is -2.44. The highest BCUT2D eigenvalue weighted by Crippen LogP contribution is 2.28. The number of carbonyl (C=O) groups is 2. The van der Waals surface area contributed by atoms with Gasteiger partial charge in [-0.2, -0.15) is 11.3 Å². The first kappa shape index (κ1) is 19.6. The van der Waals surface area contributed by atoms with Crippen molar-refractivity contribution in [2.75, 3.05) is 7.11 Å². The number of aryl methyl sites for hydroxylation is 1. The highest BCUT2D eigenvalue weighted by atomic mass is 32.1. The van der Waals surface area contributed by atoms with Crippen molar-refractivity contribution in [1.82, 2.24) is 15.2 Å². The maximum Gasteiger partial charge on any atom is 0.325 e. The molecule has 8 heteroatoms. The Labute approximate surface area is 177 Å². The van der Waals surface area contributed by atoms with Crippen LogP contribution in [-0.4, -0.2) is 34.5 Å². The molecule has 2 aromatic heterocycles. The molecule has 0 spiro atoms. The molecule has 0 bridgehead atoms. The number of nitrogens with one attached hydrogen (secondary N) is 1. The maximum absolute atomic E-state index is 13.0. The molecular formula is C21H21N3O3S2. The summed E-state index contributed by atoms with van der Waals surface area (Å²) in [7, 11) is 1.63. The Kier molecular flexibility index (Phi) is 5.38. The molecular weight excluding hydrogens is 406 g/mol. The molecule has 1 aliphatic heterocycles. The van der Waals surface area contributed by atoms with Gasteiger partial charge in [0.25, 0.3) is 5.91 Å². The van der Waals surface area contributed by atoms with Crippen molar-refractivity contribution in [2.24, 2.45) is 0 Å². The summed E-state index contributed by atoms with van der Waals surface area (Å²) in [5.41, 5.74) is 1.96. The number of carbonyl (C=O) groups excluding carboxylic acids is 2. The van der Waals surface area contributed by atoms with Crippen LogP contribution in [-0.2, 0) is 17.8 Å². The quantitative estimate of drug-likeness (QED) is 0.570. The van der Waals surface area contributed by atoms with Gasteiger partial charge in [0.15, 0.2) is 0 Å². The van der Waals surface area contributed by atoms with Gasteiger partial charge in [-0.3, -0.25) is 9.69 Å². The fourth-order valence-electron chi connectivity index (χ4n) is 3.31. The van der Waals surface area contributed by atoms with Crippen LogP contribution >= 0.6 is 22.7 Å². The summed E-state index contributed by atoms with van der Waals surface area (Å²) in [4.78, 5) is 31.3. The minimum atomic E-state index is -0.913. The van der Waals surface area contributed by atoms with Gasteiger partial charge >= 0.3 is 6.03 Å². The lowest BCUT2D eigenvalue weighted by atomic mass is 9.93. The Morgan fingerprint density at radius 2 is 1.97 bits per heavy atom. The minimum Gasteiger partial charge on any atom is -0.497 e. The van der Waals surface area contributed by atoms with Gasteiger partial charge in [-0.05, 0) is 48.9 Å². The number of nitrogens with zero attached hydrogens (tertiary/aromatic N) is 2. The SMILES string of the molecule is COc1ccc(CCC2(C)NC(=O)N(Cc3csc(-c4ccsc4)n3)C2=O)cc1. The van der Waals surface area contributed by atoms with E-state index in [1.54, 1.807) is 25.4 Å². The zero-order chi connectivity index (χ0) is 20.4. The van der Waals surface area contributed by atoms with E-state index in [0.29, 0.717) is 12.8 Å². The molecule has 3 heterocycles. The zero-order valence-corrected chi connectivity index (χ0v) is 17.8. The van der Waals surface area contributed by atoms with E-state index in [9.17, 15) is 9.59 Å². The first-order valence-corrected chi connectivity index (χ1v) is 11.0. The number of imide groups is 1. The van der Waals surface area contributed by atoms with Crippen molar-refractivity contribution in [3.05, 3.63) is 57.7 Å². The molecule has 0 saturated carbocycles. The molecule has 1 aromatic carbocycles. The number of methoxy groups -OCH3 is 1. The molecule has 0 radical (unpaired) electrons. The smallest absolute Gasteiger partial charge is 0.325 e. The second-order valence-corrected chi connectivity index (χ2v) is 8.80. The average molecular weight is 428 g/mol. The van der Waals surface area contributed by atoms with E-state index in [1.807, 2.05) is 46.5 Å². The summed E-state index contributed by atoms with van der Waals surface area (Å²) in [6.45, 7) is 1.97. The van der Waals surface area contributed by atoms with Crippen molar-refractivity contribution in [1.29, 1.82) is 0 Å². The molecule has 1 saturated heterocycles. The Morgan fingerprint density at radius 1 is 1.17 bits per heavy atom. The fourth-order valence-corrected chi connectivity index (χ4v) is 4.83. The number of thiazole rings is 1. The molecule has 3 aromatic rings. The third-order valence-corrected chi connectivity index (χ3v) is 6.68. The summed E-state index contributed by atoms with van der Waals surface area (Å²) in [5, 5.41) is 9.71. The second-order valence-electron chi connectivity index (χ2n) is 7.16. The number of urea groups is 1. The number of rotatable bonds is 7. The topological polar surface area (TPSA) is 71.5 Å². The molecule has 1 fully saturated rings. The van der Waals surface area contributed by atoms with Crippen LogP contribution in [0.25, 0.3) is 10.6 Å². The standard InChI is InChI=1S/C21H21N3O3S2/c1-21(9-7-14-3-5-17(27-2)6-4-14)19(25)24(20(26)23-21)11-16-13-29-18(22-16)15-8-10-28-12-15/h3-6,8,10,12-13H,7,9,11H2,1-2H3,(H,23,26). The van der Waals surface area contributed by atoms with Crippen LogP contribution in [0.1, 0.15) is 24.6 Å². The van der Waals surface area contributed by atoms with Gasteiger partial charge in [0.2, 0.25) is 0 Å². The van der Waals surface area contributed by atoms with Crippen LogP contribution in [0.2, 0.25) is 0 Å². The van der Waals surface area contributed by atoms with Crippen LogP contribution in [0.5, 0.6) is 5.75 Å². The predicted octanol–water partition coefficient (Wildman–Crippen LogP) is 4.32. The van der Waals surface area contributed by atoms with Gasteiger partial charge in [-0.25, -0.2) is 9.78 Å². The van der Waals surface area contributed by atoms with E-state index < -0.39 is 5.54 Å². The molecule has 6 nitrogen and oxygen atoms in total. The number of hydrogen-bond donors (Lipinski definition) is 1. The normalized spacial score (nSPS) is 18.9. The van der Waals surface area contributed by atoms with Gasteiger partial charge in [0.05, 0.1) is 19.3 Å². The predicted molar refractivity (Wildman–Crippen MR) is 114 cm³/mol. The Hall–Kier alpha value is -2.71. The van der Waals surface area contributed by atoms with Crippen molar-refractivity contribution < 1.29 is 14.3 Å². The number of amides is 3. The lowest BCUT2D eigenvalue weighted by molar-refractivity contribution is -0.131. The minimum absolute atomic E-state index is 0.184. The van der Waals surface area contributed by atoms with E-state index in [2.05, 4.69) is 10.3 Å². The van der Waals surface area contributed by atoms with Crippen molar-refractivity contribution >= 4 is 34.6 Å². The molecule has 150 valence electrons. The van der Waals surface area contributed by atoms with Gasteiger partial charge in [-0.15, -0.1) is 11.3 Å². The van der Waals surface area contributed by atoms with E-state index >= 15 is 0 Å². The van der Waals surface area contributed by atoms with Gasteiger partial charge in [0, 0.05) is 16.3 Å². The van der Waals surface area contributed by atoms with E-state index in [0.717, 1.165) is 27.6 Å². The average Bonchev–Trinajstić information content (AvgIpc) is 3.45. The third kappa shape index (κ3) is 4.04. The molecule has 1 N–H and O–H groups in total. The van der Waals surface area contributed by atoms with E-state index in [-0.39, 0.29) is 18.5 Å². The number of benzene rings is 1. The van der Waals surface area contributed by atoms with Crippen LogP contribution in [0.4, 0.5) is 4.79 Å². The largest absolute Gasteiger partial charge is 0.497 e. The van der Waals surface area contributed by atoms with Gasteiger partial charge in [0.1, 0.15) is 16.3 Å². The number of hydrogen-bond acceptors (Lipinski definition) is 6. The van der Waals surface area contributed by atoms with Crippen LogP contribution in [0.15, 0.2) is 46.5 Å². The van der Waals surface area contributed by atoms with Gasteiger partial charge in [-0.1, -0.05) is 12.1 Å². The summed E-state index contributed by atoms with van der Waals surface area (Å²) in [6.07, 6.45) is 1.21. The van der Waals surface area contributed by atoms with Gasteiger partial charge < -0.3 is 10.1 Å². The Bertz CT molecular complexity index is 1010.